The first-order chi connectivity index (χ1) is 9.99. The summed E-state index contributed by atoms with van der Waals surface area (Å²) in [6, 6.07) is 10.0. The van der Waals surface area contributed by atoms with Gasteiger partial charge in [-0.25, -0.2) is 4.39 Å². The highest BCUT2D eigenvalue weighted by Gasteiger charge is 2.11. The summed E-state index contributed by atoms with van der Waals surface area (Å²) < 4.78 is 19.7. The van der Waals surface area contributed by atoms with E-state index in [9.17, 15) is 4.39 Å². The molecule has 0 spiro atoms. The molecule has 2 nitrogen and oxygen atoms in total. The van der Waals surface area contributed by atoms with Crippen molar-refractivity contribution in [2.24, 2.45) is 5.73 Å². The van der Waals surface area contributed by atoms with Crippen LogP contribution in [-0.2, 0) is 6.42 Å². The van der Waals surface area contributed by atoms with Crippen molar-refractivity contribution in [2.45, 2.75) is 25.8 Å². The number of rotatable bonds is 5. The fraction of sp³-hybridized carbons (Fsp3) is 0.250. The Morgan fingerprint density at radius 1 is 1.29 bits per heavy atom. The number of ether oxygens (including phenoxy) is 1. The first kappa shape index (κ1) is 16.3. The molecular weight excluding hydrogens is 357 g/mol. The summed E-state index contributed by atoms with van der Waals surface area (Å²) in [6.45, 7) is 2.03. The second kappa shape index (κ2) is 7.25. The second-order valence-corrected chi connectivity index (χ2v) is 6.09. The van der Waals surface area contributed by atoms with Crippen LogP contribution in [0.25, 0.3) is 0 Å². The van der Waals surface area contributed by atoms with E-state index in [-0.39, 0.29) is 11.9 Å². The molecule has 0 heterocycles. The average Bonchev–Trinajstić information content (AvgIpc) is 2.45. The first-order valence-electron chi connectivity index (χ1n) is 6.66. The second-order valence-electron chi connectivity index (χ2n) is 4.80. The van der Waals surface area contributed by atoms with Crippen molar-refractivity contribution >= 4 is 27.5 Å². The van der Waals surface area contributed by atoms with Gasteiger partial charge >= 0.3 is 0 Å². The Kier molecular flexibility index (Phi) is 5.62. The van der Waals surface area contributed by atoms with Crippen molar-refractivity contribution in [1.82, 2.24) is 0 Å². The Bertz CT molecular complexity index is 636. The molecule has 0 saturated carbocycles. The molecule has 2 rings (SSSR count). The van der Waals surface area contributed by atoms with Gasteiger partial charge in [0.1, 0.15) is 17.3 Å². The summed E-state index contributed by atoms with van der Waals surface area (Å²) in [5, 5.41) is 0.627. The Morgan fingerprint density at radius 2 is 2.05 bits per heavy atom. The molecular formula is C16H16BrClFNO. The van der Waals surface area contributed by atoms with Crippen LogP contribution in [0, 0.1) is 5.82 Å². The van der Waals surface area contributed by atoms with E-state index in [4.69, 9.17) is 22.1 Å². The van der Waals surface area contributed by atoms with Gasteiger partial charge in [-0.3, -0.25) is 0 Å². The molecule has 112 valence electrons. The Labute approximate surface area is 137 Å². The van der Waals surface area contributed by atoms with Crippen LogP contribution in [0.3, 0.4) is 0 Å². The largest absolute Gasteiger partial charge is 0.457 e. The Hall–Kier alpha value is -1.10. The van der Waals surface area contributed by atoms with E-state index in [1.165, 1.54) is 6.07 Å². The SMILES string of the molecule is CCC(N)Cc1cc(Cl)ccc1Oc1ccc(Br)c(F)c1. The maximum atomic E-state index is 13.5. The lowest BCUT2D eigenvalue weighted by atomic mass is 10.0. The summed E-state index contributed by atoms with van der Waals surface area (Å²) in [7, 11) is 0. The molecule has 2 aromatic rings. The molecule has 1 unspecified atom stereocenters. The van der Waals surface area contributed by atoms with E-state index in [2.05, 4.69) is 15.9 Å². The number of nitrogens with two attached hydrogens (primary N) is 1. The van der Waals surface area contributed by atoms with Crippen LogP contribution < -0.4 is 10.5 Å². The summed E-state index contributed by atoms with van der Waals surface area (Å²) in [6.07, 6.45) is 1.52. The lowest BCUT2D eigenvalue weighted by molar-refractivity contribution is 0.466. The quantitative estimate of drug-likeness (QED) is 0.771. The van der Waals surface area contributed by atoms with Crippen molar-refractivity contribution in [3.63, 3.8) is 0 Å². The Balaban J connectivity index is 2.28. The minimum atomic E-state index is -0.367. The van der Waals surface area contributed by atoms with Gasteiger partial charge in [-0.2, -0.15) is 0 Å². The third-order valence-electron chi connectivity index (χ3n) is 3.15. The van der Waals surface area contributed by atoms with Crippen LogP contribution in [-0.4, -0.2) is 6.04 Å². The van der Waals surface area contributed by atoms with Crippen LogP contribution >= 0.6 is 27.5 Å². The predicted octanol–water partition coefficient (Wildman–Crippen LogP) is 5.31. The number of benzene rings is 2. The molecule has 0 fully saturated rings. The average molecular weight is 373 g/mol. The van der Waals surface area contributed by atoms with E-state index in [1.807, 2.05) is 13.0 Å². The third-order valence-corrected chi connectivity index (χ3v) is 4.03. The van der Waals surface area contributed by atoms with Gasteiger partial charge in [0.2, 0.25) is 0 Å². The molecule has 0 aliphatic heterocycles. The minimum absolute atomic E-state index is 0.0347. The number of hydrogen-bond donors (Lipinski definition) is 1. The van der Waals surface area contributed by atoms with Gasteiger partial charge in [0.15, 0.2) is 0 Å². The highest BCUT2D eigenvalue weighted by molar-refractivity contribution is 9.10. The van der Waals surface area contributed by atoms with E-state index in [0.29, 0.717) is 27.4 Å². The van der Waals surface area contributed by atoms with Gasteiger partial charge in [-0.15, -0.1) is 0 Å². The highest BCUT2D eigenvalue weighted by atomic mass is 79.9. The van der Waals surface area contributed by atoms with Crippen LogP contribution in [0.15, 0.2) is 40.9 Å². The maximum Gasteiger partial charge on any atom is 0.141 e. The fourth-order valence-electron chi connectivity index (χ4n) is 1.90. The van der Waals surface area contributed by atoms with Gasteiger partial charge in [0.25, 0.3) is 0 Å². The molecule has 2 N–H and O–H groups in total. The normalized spacial score (nSPS) is 12.2. The lowest BCUT2D eigenvalue weighted by Gasteiger charge is -2.15. The monoisotopic (exact) mass is 371 g/mol. The standard InChI is InChI=1S/C16H16BrClFNO/c1-2-12(20)8-10-7-11(18)3-6-16(10)21-13-4-5-14(17)15(19)9-13/h3-7,9,12H,2,8,20H2,1H3. The molecule has 1 atom stereocenters. The van der Waals surface area contributed by atoms with E-state index in [1.54, 1.807) is 24.3 Å². The first-order valence-corrected chi connectivity index (χ1v) is 7.83. The molecule has 0 saturated heterocycles. The molecule has 5 heteroatoms. The molecule has 2 aromatic carbocycles. The van der Waals surface area contributed by atoms with Crippen LogP contribution in [0.2, 0.25) is 5.02 Å². The maximum absolute atomic E-state index is 13.5. The fourth-order valence-corrected chi connectivity index (χ4v) is 2.34. The zero-order valence-electron chi connectivity index (χ0n) is 11.6. The van der Waals surface area contributed by atoms with Crippen molar-refractivity contribution < 1.29 is 9.13 Å². The zero-order valence-corrected chi connectivity index (χ0v) is 13.9. The predicted molar refractivity (Wildman–Crippen MR) is 87.6 cm³/mol. The smallest absolute Gasteiger partial charge is 0.141 e. The van der Waals surface area contributed by atoms with Crippen LogP contribution in [0.5, 0.6) is 11.5 Å². The summed E-state index contributed by atoms with van der Waals surface area (Å²) in [5.41, 5.74) is 6.91. The lowest BCUT2D eigenvalue weighted by Crippen LogP contribution is -2.21. The molecule has 0 bridgehead atoms. The molecule has 0 radical (unpaired) electrons. The molecule has 0 aliphatic carbocycles. The highest BCUT2D eigenvalue weighted by Crippen LogP contribution is 2.30. The summed E-state index contributed by atoms with van der Waals surface area (Å²) >= 11 is 9.15. The van der Waals surface area contributed by atoms with Gasteiger partial charge < -0.3 is 10.5 Å². The summed E-state index contributed by atoms with van der Waals surface area (Å²) in [4.78, 5) is 0. The Morgan fingerprint density at radius 3 is 2.71 bits per heavy atom. The molecule has 0 aromatic heterocycles. The minimum Gasteiger partial charge on any atom is -0.457 e. The molecule has 0 amide bonds. The van der Waals surface area contributed by atoms with Crippen molar-refractivity contribution in [2.75, 3.05) is 0 Å². The van der Waals surface area contributed by atoms with Crippen molar-refractivity contribution in [3.8, 4) is 11.5 Å². The van der Waals surface area contributed by atoms with E-state index in [0.717, 1.165) is 12.0 Å². The van der Waals surface area contributed by atoms with Gasteiger partial charge in [-0.05, 0) is 64.7 Å². The molecule has 0 aliphatic rings. The van der Waals surface area contributed by atoms with Crippen molar-refractivity contribution in [3.05, 3.63) is 57.3 Å². The number of halogens is 3. The van der Waals surface area contributed by atoms with E-state index >= 15 is 0 Å². The van der Waals surface area contributed by atoms with Crippen LogP contribution in [0.1, 0.15) is 18.9 Å². The third kappa shape index (κ3) is 4.43. The van der Waals surface area contributed by atoms with Crippen LogP contribution in [0.4, 0.5) is 4.39 Å². The van der Waals surface area contributed by atoms with E-state index < -0.39 is 0 Å². The topological polar surface area (TPSA) is 35.2 Å². The van der Waals surface area contributed by atoms with Gasteiger partial charge in [-0.1, -0.05) is 18.5 Å². The number of hydrogen-bond acceptors (Lipinski definition) is 2. The molecule has 21 heavy (non-hydrogen) atoms. The zero-order chi connectivity index (χ0) is 15.4. The summed E-state index contributed by atoms with van der Waals surface area (Å²) in [5.74, 6) is 0.711. The van der Waals surface area contributed by atoms with Crippen molar-refractivity contribution in [1.29, 1.82) is 0 Å². The van der Waals surface area contributed by atoms with Gasteiger partial charge in [0, 0.05) is 17.1 Å². The van der Waals surface area contributed by atoms with Gasteiger partial charge in [0.05, 0.1) is 4.47 Å².